The second kappa shape index (κ2) is 10.0. The lowest BCUT2D eigenvalue weighted by molar-refractivity contribution is -0.123. The molecule has 3 N–H and O–H groups in total. The quantitative estimate of drug-likeness (QED) is 0.641. The molecule has 0 aromatic heterocycles. The maximum Gasteiger partial charge on any atom is 0.261 e. The summed E-state index contributed by atoms with van der Waals surface area (Å²) in [6.07, 6.45) is 3.08. The first kappa shape index (κ1) is 19.2. The van der Waals surface area contributed by atoms with Crippen molar-refractivity contribution in [2.24, 2.45) is 0 Å². The Morgan fingerprint density at radius 3 is 2.15 bits per heavy atom. The van der Waals surface area contributed by atoms with Gasteiger partial charge in [-0.1, -0.05) is 61.5 Å². The molecule has 0 saturated carbocycles. The van der Waals surface area contributed by atoms with Crippen LogP contribution in [0.5, 0.6) is 0 Å². The van der Waals surface area contributed by atoms with Crippen LogP contribution in [0.4, 0.5) is 0 Å². The lowest BCUT2D eigenvalue weighted by Crippen LogP contribution is -2.51. The summed E-state index contributed by atoms with van der Waals surface area (Å²) in [6.45, 7) is 3.89. The second-order valence-electron chi connectivity index (χ2n) is 5.86. The monoisotopic (exact) mass is 351 g/mol. The third-order valence-electron chi connectivity index (χ3n) is 4.02. The number of allylic oxidation sites excluding steroid dienone is 2. The van der Waals surface area contributed by atoms with Crippen molar-refractivity contribution in [2.75, 3.05) is 0 Å². The van der Waals surface area contributed by atoms with Crippen LogP contribution >= 0.6 is 0 Å². The zero-order chi connectivity index (χ0) is 18.8. The number of nitrogens with one attached hydrogen (secondary N) is 3. The number of carbonyl (C=O) groups excluding carboxylic acids is 2. The number of hydrogen-bond donors (Lipinski definition) is 3. The van der Waals surface area contributed by atoms with Crippen molar-refractivity contribution in [3.8, 4) is 0 Å². The zero-order valence-electron chi connectivity index (χ0n) is 15.2. The van der Waals surface area contributed by atoms with E-state index in [1.54, 1.807) is 24.3 Å². The molecule has 136 valence electrons. The van der Waals surface area contributed by atoms with Crippen molar-refractivity contribution in [1.29, 1.82) is 0 Å². The SMILES string of the molecule is CC=C(CC)NNC(=O)C(Cc1ccccc1)NC(=O)c1ccccc1. The van der Waals surface area contributed by atoms with Gasteiger partial charge in [0.1, 0.15) is 6.04 Å². The minimum absolute atomic E-state index is 0.275. The van der Waals surface area contributed by atoms with Gasteiger partial charge in [-0.25, -0.2) is 0 Å². The molecule has 1 unspecified atom stereocenters. The topological polar surface area (TPSA) is 70.2 Å². The van der Waals surface area contributed by atoms with Gasteiger partial charge in [-0.2, -0.15) is 0 Å². The average molecular weight is 351 g/mol. The fourth-order valence-electron chi connectivity index (χ4n) is 2.48. The Morgan fingerprint density at radius 1 is 0.962 bits per heavy atom. The van der Waals surface area contributed by atoms with E-state index in [-0.39, 0.29) is 11.8 Å². The van der Waals surface area contributed by atoms with Crippen LogP contribution in [0.1, 0.15) is 36.2 Å². The van der Waals surface area contributed by atoms with Crippen LogP contribution in [0.3, 0.4) is 0 Å². The number of rotatable bonds is 8. The summed E-state index contributed by atoms with van der Waals surface area (Å²) in [7, 11) is 0. The van der Waals surface area contributed by atoms with Gasteiger partial charge in [0.15, 0.2) is 0 Å². The van der Waals surface area contributed by atoms with E-state index in [2.05, 4.69) is 16.2 Å². The van der Waals surface area contributed by atoms with E-state index >= 15 is 0 Å². The van der Waals surface area contributed by atoms with Gasteiger partial charge in [-0.05, 0) is 31.0 Å². The van der Waals surface area contributed by atoms with Gasteiger partial charge in [0.05, 0.1) is 0 Å². The highest BCUT2D eigenvalue weighted by molar-refractivity contribution is 5.97. The predicted molar refractivity (Wildman–Crippen MR) is 103 cm³/mol. The van der Waals surface area contributed by atoms with Crippen molar-refractivity contribution in [1.82, 2.24) is 16.2 Å². The zero-order valence-corrected chi connectivity index (χ0v) is 15.2. The molecule has 1 atom stereocenters. The molecule has 2 aromatic rings. The number of amides is 2. The summed E-state index contributed by atoms with van der Waals surface area (Å²) in [6, 6.07) is 17.8. The Balaban J connectivity index is 2.10. The summed E-state index contributed by atoms with van der Waals surface area (Å²) in [5.41, 5.74) is 8.00. The van der Waals surface area contributed by atoms with Crippen LogP contribution in [0, 0.1) is 0 Å². The smallest absolute Gasteiger partial charge is 0.261 e. The third-order valence-corrected chi connectivity index (χ3v) is 4.02. The standard InChI is InChI=1S/C21H25N3O2/c1-3-18(4-2)23-24-21(26)19(15-16-11-7-5-8-12-16)22-20(25)17-13-9-6-10-14-17/h3,5-14,19,23H,4,15H2,1-2H3,(H,22,25)(H,24,26). The molecule has 0 heterocycles. The fraction of sp³-hybridized carbons (Fsp3) is 0.238. The van der Waals surface area contributed by atoms with Crippen molar-refractivity contribution >= 4 is 11.8 Å². The molecular weight excluding hydrogens is 326 g/mol. The van der Waals surface area contributed by atoms with E-state index in [4.69, 9.17) is 0 Å². The van der Waals surface area contributed by atoms with Gasteiger partial charge in [-0.3, -0.25) is 15.0 Å². The number of benzene rings is 2. The molecule has 0 spiro atoms. The molecule has 0 bridgehead atoms. The lowest BCUT2D eigenvalue weighted by Gasteiger charge is -2.20. The third kappa shape index (κ3) is 5.77. The molecule has 0 saturated heterocycles. The maximum absolute atomic E-state index is 12.6. The van der Waals surface area contributed by atoms with E-state index in [0.717, 1.165) is 17.7 Å². The van der Waals surface area contributed by atoms with E-state index in [9.17, 15) is 9.59 Å². The van der Waals surface area contributed by atoms with Crippen molar-refractivity contribution in [2.45, 2.75) is 32.7 Å². The van der Waals surface area contributed by atoms with Crippen LogP contribution in [-0.4, -0.2) is 17.9 Å². The molecule has 2 amide bonds. The first-order valence-electron chi connectivity index (χ1n) is 8.75. The molecule has 0 aliphatic rings. The van der Waals surface area contributed by atoms with Crippen molar-refractivity contribution in [3.63, 3.8) is 0 Å². The highest BCUT2D eigenvalue weighted by atomic mass is 16.2. The second-order valence-corrected chi connectivity index (χ2v) is 5.86. The summed E-state index contributed by atoms with van der Waals surface area (Å²) in [4.78, 5) is 25.1. The summed E-state index contributed by atoms with van der Waals surface area (Å²) >= 11 is 0. The van der Waals surface area contributed by atoms with Crippen molar-refractivity contribution in [3.05, 3.63) is 83.6 Å². The van der Waals surface area contributed by atoms with Gasteiger partial charge < -0.3 is 10.7 Å². The molecule has 2 aromatic carbocycles. The highest BCUT2D eigenvalue weighted by Crippen LogP contribution is 2.06. The van der Waals surface area contributed by atoms with Crippen LogP contribution < -0.4 is 16.2 Å². The van der Waals surface area contributed by atoms with Gasteiger partial charge in [0, 0.05) is 17.7 Å². The number of hydrazine groups is 1. The number of carbonyl (C=O) groups is 2. The predicted octanol–water partition coefficient (Wildman–Crippen LogP) is 2.96. The fourth-order valence-corrected chi connectivity index (χ4v) is 2.48. The van der Waals surface area contributed by atoms with E-state index in [1.807, 2.05) is 56.3 Å². The van der Waals surface area contributed by atoms with Gasteiger partial charge in [0.25, 0.3) is 11.8 Å². The Morgan fingerprint density at radius 2 is 1.58 bits per heavy atom. The number of hydrogen-bond acceptors (Lipinski definition) is 3. The first-order chi connectivity index (χ1) is 12.6. The Hall–Kier alpha value is -3.08. The maximum atomic E-state index is 12.6. The average Bonchev–Trinajstić information content (AvgIpc) is 2.69. The summed E-state index contributed by atoms with van der Waals surface area (Å²) in [5, 5.41) is 2.83. The molecule has 0 radical (unpaired) electrons. The Labute approximate surface area is 154 Å². The normalized spacial score (nSPS) is 12.2. The van der Waals surface area contributed by atoms with E-state index in [0.29, 0.717) is 12.0 Å². The molecule has 26 heavy (non-hydrogen) atoms. The Bertz CT molecular complexity index is 742. The first-order valence-corrected chi connectivity index (χ1v) is 8.75. The molecule has 2 rings (SSSR count). The Kier molecular flexibility index (Phi) is 7.43. The molecular formula is C21H25N3O2. The van der Waals surface area contributed by atoms with Crippen LogP contribution in [0.2, 0.25) is 0 Å². The van der Waals surface area contributed by atoms with E-state index in [1.165, 1.54) is 0 Å². The van der Waals surface area contributed by atoms with Gasteiger partial charge in [-0.15, -0.1) is 0 Å². The summed E-state index contributed by atoms with van der Waals surface area (Å²) in [5.74, 6) is -0.561. The van der Waals surface area contributed by atoms with Crippen LogP contribution in [-0.2, 0) is 11.2 Å². The van der Waals surface area contributed by atoms with Crippen molar-refractivity contribution < 1.29 is 9.59 Å². The molecule has 0 aliphatic heterocycles. The minimum atomic E-state index is -0.687. The van der Waals surface area contributed by atoms with Crippen LogP contribution in [0.25, 0.3) is 0 Å². The highest BCUT2D eigenvalue weighted by Gasteiger charge is 2.22. The van der Waals surface area contributed by atoms with Gasteiger partial charge in [0.2, 0.25) is 0 Å². The summed E-state index contributed by atoms with van der Waals surface area (Å²) < 4.78 is 0. The van der Waals surface area contributed by atoms with Crippen LogP contribution in [0.15, 0.2) is 72.4 Å². The minimum Gasteiger partial charge on any atom is -0.340 e. The molecule has 0 fully saturated rings. The van der Waals surface area contributed by atoms with E-state index < -0.39 is 6.04 Å². The molecule has 5 nitrogen and oxygen atoms in total. The molecule has 5 heteroatoms. The largest absolute Gasteiger partial charge is 0.340 e. The lowest BCUT2D eigenvalue weighted by atomic mass is 10.0. The molecule has 0 aliphatic carbocycles. The van der Waals surface area contributed by atoms with Gasteiger partial charge >= 0.3 is 0 Å².